The Labute approximate surface area is 128 Å². The van der Waals surface area contributed by atoms with Crippen molar-refractivity contribution in [1.82, 2.24) is 4.31 Å². The fraction of sp³-hybridized carbons (Fsp3) is 0.417. The molecule has 0 radical (unpaired) electrons. The van der Waals surface area contributed by atoms with Gasteiger partial charge in [0, 0.05) is 24.7 Å². The van der Waals surface area contributed by atoms with Crippen molar-refractivity contribution >= 4 is 38.9 Å². The van der Waals surface area contributed by atoms with E-state index in [1.165, 1.54) is 16.4 Å². The van der Waals surface area contributed by atoms with Gasteiger partial charge >= 0.3 is 0 Å². The van der Waals surface area contributed by atoms with E-state index in [0.717, 1.165) is 0 Å². The summed E-state index contributed by atoms with van der Waals surface area (Å²) in [6, 6.07) is 4.27. The van der Waals surface area contributed by atoms with Gasteiger partial charge in [-0.05, 0) is 26.0 Å². The zero-order chi connectivity index (χ0) is 15.5. The van der Waals surface area contributed by atoms with Crippen LogP contribution in [0.25, 0.3) is 0 Å². The van der Waals surface area contributed by atoms with E-state index in [1.807, 2.05) is 6.07 Å². The van der Waals surface area contributed by atoms with E-state index in [4.69, 9.17) is 34.2 Å². The highest BCUT2D eigenvalue weighted by Crippen LogP contribution is 2.34. The van der Waals surface area contributed by atoms with Crippen molar-refractivity contribution in [3.63, 3.8) is 0 Å². The Kier molecular flexibility index (Phi) is 5.66. The van der Waals surface area contributed by atoms with E-state index >= 15 is 0 Å². The van der Waals surface area contributed by atoms with Gasteiger partial charge in [-0.2, -0.15) is 9.57 Å². The minimum atomic E-state index is -3.89. The molecule has 2 N–H and O–H groups in total. The summed E-state index contributed by atoms with van der Waals surface area (Å²) in [7, 11) is -3.89. The number of sulfonamides is 1. The van der Waals surface area contributed by atoms with E-state index < -0.39 is 10.0 Å². The summed E-state index contributed by atoms with van der Waals surface area (Å²) in [6.07, 6.45) is 0.0849. The number of nitriles is 1. The molecule has 1 aromatic rings. The van der Waals surface area contributed by atoms with Gasteiger partial charge in [-0.25, -0.2) is 8.42 Å². The fourth-order valence-electron chi connectivity index (χ4n) is 1.76. The van der Waals surface area contributed by atoms with Gasteiger partial charge < -0.3 is 5.73 Å². The average Bonchev–Trinajstić information content (AvgIpc) is 2.26. The number of rotatable bonds is 5. The van der Waals surface area contributed by atoms with Crippen LogP contribution in [0.15, 0.2) is 17.0 Å². The van der Waals surface area contributed by atoms with Crippen LogP contribution in [0.3, 0.4) is 0 Å². The van der Waals surface area contributed by atoms with Crippen LogP contribution in [-0.2, 0) is 10.0 Å². The lowest BCUT2D eigenvalue weighted by atomic mass is 10.3. The molecule has 0 heterocycles. The van der Waals surface area contributed by atoms with Crippen LogP contribution >= 0.6 is 23.2 Å². The smallest absolute Gasteiger partial charge is 0.246 e. The van der Waals surface area contributed by atoms with Gasteiger partial charge in [0.05, 0.1) is 16.1 Å². The van der Waals surface area contributed by atoms with Crippen molar-refractivity contribution in [3.8, 4) is 6.07 Å². The van der Waals surface area contributed by atoms with Gasteiger partial charge in [0.25, 0.3) is 0 Å². The lowest BCUT2D eigenvalue weighted by Gasteiger charge is -2.26. The molecule has 0 saturated heterocycles. The second-order valence-electron chi connectivity index (χ2n) is 4.43. The van der Waals surface area contributed by atoms with Gasteiger partial charge in [0.15, 0.2) is 0 Å². The van der Waals surface area contributed by atoms with Crippen molar-refractivity contribution < 1.29 is 8.42 Å². The van der Waals surface area contributed by atoms with Gasteiger partial charge in [0.2, 0.25) is 10.0 Å². The van der Waals surface area contributed by atoms with E-state index in [0.29, 0.717) is 0 Å². The molecule has 8 heteroatoms. The molecular weight excluding hydrogens is 321 g/mol. The maximum Gasteiger partial charge on any atom is 0.246 e. The van der Waals surface area contributed by atoms with Crippen molar-refractivity contribution in [2.24, 2.45) is 0 Å². The largest absolute Gasteiger partial charge is 0.399 e. The molecule has 0 spiro atoms. The molecule has 1 rings (SSSR count). The first-order valence-corrected chi connectivity index (χ1v) is 8.04. The summed E-state index contributed by atoms with van der Waals surface area (Å²) in [5, 5.41) is 8.58. The summed E-state index contributed by atoms with van der Waals surface area (Å²) in [6.45, 7) is 3.51. The number of anilines is 1. The maximum atomic E-state index is 12.6. The van der Waals surface area contributed by atoms with Gasteiger partial charge in [0.1, 0.15) is 4.90 Å². The first-order valence-electron chi connectivity index (χ1n) is 5.85. The van der Waals surface area contributed by atoms with Crippen LogP contribution in [-0.4, -0.2) is 25.3 Å². The van der Waals surface area contributed by atoms with Gasteiger partial charge in [-0.15, -0.1) is 0 Å². The van der Waals surface area contributed by atoms with E-state index in [1.54, 1.807) is 13.8 Å². The highest BCUT2D eigenvalue weighted by molar-refractivity contribution is 7.89. The Morgan fingerprint density at radius 3 is 2.25 bits per heavy atom. The molecule has 0 bridgehead atoms. The van der Waals surface area contributed by atoms with Crippen molar-refractivity contribution in [2.75, 3.05) is 12.3 Å². The molecule has 0 fully saturated rings. The molecule has 5 nitrogen and oxygen atoms in total. The zero-order valence-electron chi connectivity index (χ0n) is 11.1. The first-order chi connectivity index (χ1) is 9.21. The van der Waals surface area contributed by atoms with Crippen molar-refractivity contribution in [3.05, 3.63) is 22.2 Å². The average molecular weight is 336 g/mol. The summed E-state index contributed by atoms with van der Waals surface area (Å²) in [4.78, 5) is -0.179. The number of nitrogens with zero attached hydrogens (tertiary/aromatic N) is 2. The lowest BCUT2D eigenvalue weighted by Crippen LogP contribution is -2.37. The van der Waals surface area contributed by atoms with Crippen molar-refractivity contribution in [1.29, 1.82) is 5.26 Å². The minimum absolute atomic E-state index is 0.0300. The molecule has 0 aliphatic heterocycles. The first kappa shape index (κ1) is 17.1. The molecule has 0 aromatic heterocycles. The van der Waals surface area contributed by atoms with Crippen LogP contribution in [0.1, 0.15) is 20.3 Å². The molecule has 0 aliphatic rings. The molecule has 0 atom stereocenters. The van der Waals surface area contributed by atoms with Crippen LogP contribution in [0.4, 0.5) is 5.69 Å². The topological polar surface area (TPSA) is 87.2 Å². The Balaban J connectivity index is 3.38. The SMILES string of the molecule is CC(C)N(CCC#N)S(=O)(=O)c1c(Cl)cc(N)cc1Cl. The molecule has 0 unspecified atom stereocenters. The predicted molar refractivity (Wildman–Crippen MR) is 80.1 cm³/mol. The third-order valence-corrected chi connectivity index (χ3v) is 5.60. The third-order valence-electron chi connectivity index (χ3n) is 2.61. The van der Waals surface area contributed by atoms with E-state index in [-0.39, 0.29) is 39.6 Å². The number of hydrogen-bond donors (Lipinski definition) is 1. The normalized spacial score (nSPS) is 11.8. The zero-order valence-corrected chi connectivity index (χ0v) is 13.4. The van der Waals surface area contributed by atoms with Crippen LogP contribution < -0.4 is 5.73 Å². The standard InChI is InChI=1S/C12H15Cl2N3O2S/c1-8(2)17(5-3-4-15)20(18,19)12-10(13)6-9(16)7-11(12)14/h6-8H,3,5,16H2,1-2H3. The second kappa shape index (κ2) is 6.64. The summed E-state index contributed by atoms with van der Waals surface area (Å²) < 4.78 is 26.5. The highest BCUT2D eigenvalue weighted by Gasteiger charge is 2.31. The molecule has 0 saturated carbocycles. The Morgan fingerprint density at radius 1 is 1.35 bits per heavy atom. The summed E-state index contributed by atoms with van der Waals surface area (Å²) in [5.74, 6) is 0. The summed E-state index contributed by atoms with van der Waals surface area (Å²) >= 11 is 11.9. The Morgan fingerprint density at radius 2 is 1.85 bits per heavy atom. The lowest BCUT2D eigenvalue weighted by molar-refractivity contribution is 0.360. The summed E-state index contributed by atoms with van der Waals surface area (Å²) in [5.41, 5.74) is 5.85. The van der Waals surface area contributed by atoms with Gasteiger partial charge in [-0.3, -0.25) is 0 Å². The monoisotopic (exact) mass is 335 g/mol. The molecule has 110 valence electrons. The Bertz CT molecular complexity index is 616. The maximum absolute atomic E-state index is 12.6. The number of benzene rings is 1. The fourth-order valence-corrected chi connectivity index (χ4v) is 4.58. The van der Waals surface area contributed by atoms with E-state index in [2.05, 4.69) is 0 Å². The predicted octanol–water partition coefficient (Wildman–Crippen LogP) is 2.89. The number of halogens is 2. The van der Waals surface area contributed by atoms with Crippen LogP contribution in [0.2, 0.25) is 10.0 Å². The molecule has 20 heavy (non-hydrogen) atoms. The third kappa shape index (κ3) is 3.55. The number of nitrogen functional groups attached to an aromatic ring is 1. The molecular formula is C12H15Cl2N3O2S. The number of nitrogens with two attached hydrogens (primary N) is 1. The van der Waals surface area contributed by atoms with Gasteiger partial charge in [-0.1, -0.05) is 23.2 Å². The molecule has 0 aliphatic carbocycles. The minimum Gasteiger partial charge on any atom is -0.399 e. The molecule has 1 aromatic carbocycles. The highest BCUT2D eigenvalue weighted by atomic mass is 35.5. The molecule has 0 amide bonds. The van der Waals surface area contributed by atoms with Crippen LogP contribution in [0.5, 0.6) is 0 Å². The quantitative estimate of drug-likeness (QED) is 0.838. The van der Waals surface area contributed by atoms with Crippen molar-refractivity contribution in [2.45, 2.75) is 31.2 Å². The number of hydrogen-bond acceptors (Lipinski definition) is 4. The second-order valence-corrected chi connectivity index (χ2v) is 7.07. The van der Waals surface area contributed by atoms with Crippen LogP contribution in [0, 0.1) is 11.3 Å². The Hall–Kier alpha value is -1.00. The van der Waals surface area contributed by atoms with E-state index in [9.17, 15) is 8.42 Å².